The van der Waals surface area contributed by atoms with Crippen molar-refractivity contribution in [3.05, 3.63) is 29.3 Å². The summed E-state index contributed by atoms with van der Waals surface area (Å²) in [6, 6.07) is 7.28. The number of rotatable bonds is 3. The van der Waals surface area contributed by atoms with Crippen LogP contribution in [0.3, 0.4) is 0 Å². The first-order valence-electron chi connectivity index (χ1n) is 7.78. The molecule has 1 fully saturated rings. The summed E-state index contributed by atoms with van der Waals surface area (Å²) in [5.74, 6) is 1.88. The maximum Gasteiger partial charge on any atom is 0.0538 e. The second kappa shape index (κ2) is 5.61. The van der Waals surface area contributed by atoms with Crippen LogP contribution >= 0.6 is 0 Å². The van der Waals surface area contributed by atoms with E-state index in [-0.39, 0.29) is 0 Å². The third kappa shape index (κ3) is 2.58. The van der Waals surface area contributed by atoms with E-state index in [9.17, 15) is 4.21 Å². The monoisotopic (exact) mass is 291 g/mol. The fraction of sp³-hybridized carbons (Fsp3) is 0.647. The molecule has 3 heteroatoms. The highest BCUT2D eigenvalue weighted by molar-refractivity contribution is 7.85. The minimum Gasteiger partial charge on any atom is -0.303 e. The lowest BCUT2D eigenvalue weighted by Crippen LogP contribution is -2.27. The standard InChI is InChI=1S/C17H25NOS/c1-12(2)13-6-7-17-16(10-13)14(11-20(17)19)9-15-5-4-8-18(15)3/h6-7,10,12,14-15H,4-5,8-9,11H2,1-3H3/t14-,15+,20?/m0/s1. The summed E-state index contributed by atoms with van der Waals surface area (Å²) in [4.78, 5) is 3.58. The molecule has 2 nitrogen and oxygen atoms in total. The highest BCUT2D eigenvalue weighted by Crippen LogP contribution is 2.39. The van der Waals surface area contributed by atoms with Crippen molar-refractivity contribution in [2.24, 2.45) is 0 Å². The number of hydrogen-bond donors (Lipinski definition) is 0. The molecule has 0 bridgehead atoms. The molecule has 1 unspecified atom stereocenters. The smallest absolute Gasteiger partial charge is 0.0538 e. The van der Waals surface area contributed by atoms with E-state index in [2.05, 4.69) is 44.0 Å². The number of nitrogens with zero attached hydrogens (tertiary/aromatic N) is 1. The summed E-state index contributed by atoms with van der Waals surface area (Å²) in [5, 5.41) is 0. The molecule has 3 atom stereocenters. The normalized spacial score (nSPS) is 30.1. The first-order valence-corrected chi connectivity index (χ1v) is 9.10. The quantitative estimate of drug-likeness (QED) is 0.849. The van der Waals surface area contributed by atoms with Crippen molar-refractivity contribution < 1.29 is 4.21 Å². The highest BCUT2D eigenvalue weighted by atomic mass is 32.2. The summed E-state index contributed by atoms with van der Waals surface area (Å²) < 4.78 is 12.3. The topological polar surface area (TPSA) is 20.3 Å². The fourth-order valence-electron chi connectivity index (χ4n) is 3.62. The molecule has 0 aliphatic carbocycles. The first kappa shape index (κ1) is 14.3. The van der Waals surface area contributed by atoms with Gasteiger partial charge in [0.1, 0.15) is 0 Å². The van der Waals surface area contributed by atoms with E-state index in [4.69, 9.17) is 0 Å². The van der Waals surface area contributed by atoms with Crippen LogP contribution in [0.5, 0.6) is 0 Å². The second-order valence-corrected chi connectivity index (χ2v) is 8.14. The Morgan fingerprint density at radius 2 is 2.20 bits per heavy atom. The van der Waals surface area contributed by atoms with Gasteiger partial charge in [-0.2, -0.15) is 0 Å². The van der Waals surface area contributed by atoms with Crippen LogP contribution < -0.4 is 0 Å². The summed E-state index contributed by atoms with van der Waals surface area (Å²) in [6.07, 6.45) is 3.80. The van der Waals surface area contributed by atoms with E-state index in [0.717, 1.165) is 10.6 Å². The van der Waals surface area contributed by atoms with Crippen LogP contribution in [0.25, 0.3) is 0 Å². The van der Waals surface area contributed by atoms with Crippen LogP contribution in [0, 0.1) is 0 Å². The molecule has 2 aliphatic heterocycles. The Hall–Kier alpha value is -0.670. The van der Waals surface area contributed by atoms with Gasteiger partial charge in [0.2, 0.25) is 0 Å². The number of hydrogen-bond acceptors (Lipinski definition) is 2. The zero-order chi connectivity index (χ0) is 14.3. The van der Waals surface area contributed by atoms with Gasteiger partial charge >= 0.3 is 0 Å². The average molecular weight is 291 g/mol. The van der Waals surface area contributed by atoms with Gasteiger partial charge in [-0.15, -0.1) is 0 Å². The van der Waals surface area contributed by atoms with Gasteiger partial charge in [0.25, 0.3) is 0 Å². The summed E-state index contributed by atoms with van der Waals surface area (Å²) in [6.45, 7) is 5.68. The van der Waals surface area contributed by atoms with Crippen LogP contribution in [0.1, 0.15) is 56.1 Å². The van der Waals surface area contributed by atoms with Crippen LogP contribution in [0.15, 0.2) is 23.1 Å². The van der Waals surface area contributed by atoms with Gasteiger partial charge in [-0.3, -0.25) is 4.21 Å². The molecule has 0 amide bonds. The molecule has 0 radical (unpaired) electrons. The Balaban J connectivity index is 1.85. The lowest BCUT2D eigenvalue weighted by atomic mass is 9.90. The van der Waals surface area contributed by atoms with Gasteiger partial charge in [0.05, 0.1) is 10.8 Å². The maximum absolute atomic E-state index is 12.3. The van der Waals surface area contributed by atoms with Gasteiger partial charge in [0, 0.05) is 16.7 Å². The molecule has 1 aromatic carbocycles. The zero-order valence-electron chi connectivity index (χ0n) is 12.8. The number of benzene rings is 1. The fourth-order valence-corrected chi connectivity index (χ4v) is 5.18. The Bertz CT molecular complexity index is 526. The van der Waals surface area contributed by atoms with Crippen molar-refractivity contribution in [3.63, 3.8) is 0 Å². The van der Waals surface area contributed by atoms with Crippen molar-refractivity contribution in [1.82, 2.24) is 4.90 Å². The molecule has 0 N–H and O–H groups in total. The Morgan fingerprint density at radius 3 is 2.85 bits per heavy atom. The van der Waals surface area contributed by atoms with Gasteiger partial charge in [-0.25, -0.2) is 0 Å². The molecular formula is C17H25NOS. The van der Waals surface area contributed by atoms with E-state index >= 15 is 0 Å². The van der Waals surface area contributed by atoms with Crippen molar-refractivity contribution in [1.29, 1.82) is 0 Å². The summed E-state index contributed by atoms with van der Waals surface area (Å²) in [5.41, 5.74) is 2.75. The third-order valence-corrected chi connectivity index (χ3v) is 6.53. The molecule has 1 aromatic rings. The van der Waals surface area contributed by atoms with E-state index in [0.29, 0.717) is 17.9 Å². The Kier molecular flexibility index (Phi) is 4.00. The summed E-state index contributed by atoms with van der Waals surface area (Å²) >= 11 is 0. The Morgan fingerprint density at radius 1 is 1.40 bits per heavy atom. The largest absolute Gasteiger partial charge is 0.303 e. The predicted molar refractivity (Wildman–Crippen MR) is 84.8 cm³/mol. The molecule has 3 rings (SSSR count). The average Bonchev–Trinajstić information content (AvgIpc) is 2.95. The first-order chi connectivity index (χ1) is 9.56. The van der Waals surface area contributed by atoms with Gasteiger partial charge in [0.15, 0.2) is 0 Å². The van der Waals surface area contributed by atoms with E-state index in [1.54, 1.807) is 0 Å². The zero-order valence-corrected chi connectivity index (χ0v) is 13.6. The Labute approximate surface area is 125 Å². The van der Waals surface area contributed by atoms with Crippen molar-refractivity contribution in [3.8, 4) is 0 Å². The molecule has 0 saturated carbocycles. The van der Waals surface area contributed by atoms with Crippen LogP contribution in [-0.2, 0) is 10.8 Å². The summed E-state index contributed by atoms with van der Waals surface area (Å²) in [7, 11) is 1.45. The van der Waals surface area contributed by atoms with Crippen molar-refractivity contribution >= 4 is 10.8 Å². The molecule has 2 aliphatic rings. The maximum atomic E-state index is 12.3. The minimum absolute atomic E-state index is 0.495. The minimum atomic E-state index is -0.779. The van der Waals surface area contributed by atoms with Crippen LogP contribution in [-0.4, -0.2) is 34.5 Å². The van der Waals surface area contributed by atoms with Crippen LogP contribution in [0.4, 0.5) is 0 Å². The molecule has 20 heavy (non-hydrogen) atoms. The molecule has 2 heterocycles. The van der Waals surface area contributed by atoms with Gasteiger partial charge < -0.3 is 4.90 Å². The van der Waals surface area contributed by atoms with Gasteiger partial charge in [-0.05, 0) is 61.9 Å². The molecule has 110 valence electrons. The van der Waals surface area contributed by atoms with E-state index < -0.39 is 10.8 Å². The second-order valence-electron chi connectivity index (χ2n) is 6.67. The lowest BCUT2D eigenvalue weighted by Gasteiger charge is -2.23. The SMILES string of the molecule is CC(C)c1ccc2c(c1)[C@@H](C[C@H]1CCCN1C)CS2=O. The molecule has 1 saturated heterocycles. The van der Waals surface area contributed by atoms with E-state index in [1.807, 2.05) is 0 Å². The van der Waals surface area contributed by atoms with Gasteiger partial charge in [-0.1, -0.05) is 26.0 Å². The molecule has 0 aromatic heterocycles. The highest BCUT2D eigenvalue weighted by Gasteiger charge is 2.33. The predicted octanol–water partition coefficient (Wildman–Crippen LogP) is 3.50. The van der Waals surface area contributed by atoms with Crippen LogP contribution in [0.2, 0.25) is 0 Å². The van der Waals surface area contributed by atoms with E-state index in [1.165, 1.54) is 36.9 Å². The number of likely N-dealkylation sites (tertiary alicyclic amines) is 1. The molecular weight excluding hydrogens is 266 g/mol. The van der Waals surface area contributed by atoms with Crippen molar-refractivity contribution in [2.45, 2.75) is 55.9 Å². The third-order valence-electron chi connectivity index (χ3n) is 4.97. The molecule has 0 spiro atoms. The lowest BCUT2D eigenvalue weighted by molar-refractivity contribution is 0.286. The number of fused-ring (bicyclic) bond motifs is 1. The van der Waals surface area contributed by atoms with Crippen molar-refractivity contribution in [2.75, 3.05) is 19.3 Å².